The number of rotatable bonds is 3. The lowest BCUT2D eigenvalue weighted by Gasteiger charge is -2.15. The van der Waals surface area contributed by atoms with Gasteiger partial charge in [0.15, 0.2) is 0 Å². The molecule has 0 aliphatic carbocycles. The van der Waals surface area contributed by atoms with E-state index in [4.69, 9.17) is 5.11 Å². The van der Waals surface area contributed by atoms with Gasteiger partial charge in [-0.25, -0.2) is 0 Å². The quantitative estimate of drug-likeness (QED) is 0.649. The van der Waals surface area contributed by atoms with Crippen molar-refractivity contribution < 1.29 is 19.6 Å². The Labute approximate surface area is 114 Å². The first-order valence-corrected chi connectivity index (χ1v) is 6.14. The van der Waals surface area contributed by atoms with E-state index in [9.17, 15) is 19.7 Å². The van der Waals surface area contributed by atoms with Gasteiger partial charge in [0.25, 0.3) is 11.6 Å². The molecule has 0 aromatic carbocycles. The number of aliphatic carboxylic acids is 1. The smallest absolute Gasteiger partial charge is 0.308 e. The molecule has 0 unspecified atom stereocenters. The third-order valence-electron chi connectivity index (χ3n) is 3.64. The molecule has 1 aromatic heterocycles. The molecule has 20 heavy (non-hydrogen) atoms. The average molecular weight is 281 g/mol. The van der Waals surface area contributed by atoms with Crippen molar-refractivity contribution in [2.75, 3.05) is 13.1 Å². The number of amides is 1. The van der Waals surface area contributed by atoms with Crippen LogP contribution in [0, 0.1) is 22.0 Å². The summed E-state index contributed by atoms with van der Waals surface area (Å²) in [6.07, 6.45) is 1.27. The fourth-order valence-electron chi connectivity index (χ4n) is 2.48. The molecule has 1 aromatic rings. The van der Waals surface area contributed by atoms with Crippen LogP contribution < -0.4 is 0 Å². The van der Waals surface area contributed by atoms with Gasteiger partial charge in [0.05, 0.1) is 17.0 Å². The molecule has 0 radical (unpaired) electrons. The van der Waals surface area contributed by atoms with Crippen molar-refractivity contribution in [2.24, 2.45) is 18.9 Å². The molecule has 0 spiro atoms. The Kier molecular flexibility index (Phi) is 3.47. The number of hydrogen-bond acceptors (Lipinski definition) is 4. The molecule has 0 bridgehead atoms. The molecule has 2 heterocycles. The Morgan fingerprint density at radius 3 is 2.55 bits per heavy atom. The van der Waals surface area contributed by atoms with Gasteiger partial charge < -0.3 is 14.6 Å². The summed E-state index contributed by atoms with van der Waals surface area (Å²) in [6.45, 7) is 2.25. The highest BCUT2D eigenvalue weighted by Crippen LogP contribution is 2.26. The lowest BCUT2D eigenvalue weighted by atomic mass is 9.99. The first-order chi connectivity index (χ1) is 9.31. The van der Waals surface area contributed by atoms with Crippen molar-refractivity contribution in [3.63, 3.8) is 0 Å². The van der Waals surface area contributed by atoms with Crippen LogP contribution in [0.3, 0.4) is 0 Å². The first kappa shape index (κ1) is 14.0. The van der Waals surface area contributed by atoms with Gasteiger partial charge in [0, 0.05) is 26.2 Å². The standard InChI is InChI=1S/C12H15N3O5/c1-7-4-14(6-9(7)12(17)18)11(16)10-3-8(15(19)20)5-13(10)2/h3,5,7,9H,4,6H2,1-2H3,(H,17,18)/t7-,9-/m1/s1. The number of nitro groups is 1. The maximum absolute atomic E-state index is 12.3. The number of carbonyl (C=O) groups is 2. The normalized spacial score (nSPS) is 22.0. The van der Waals surface area contributed by atoms with E-state index in [0.717, 1.165) is 0 Å². The van der Waals surface area contributed by atoms with Gasteiger partial charge in [0.2, 0.25) is 0 Å². The molecule has 2 atom stereocenters. The van der Waals surface area contributed by atoms with Crippen LogP contribution in [0.2, 0.25) is 0 Å². The molecule has 8 heteroatoms. The Bertz CT molecular complexity index is 580. The lowest BCUT2D eigenvalue weighted by molar-refractivity contribution is -0.384. The van der Waals surface area contributed by atoms with Crippen molar-refractivity contribution in [2.45, 2.75) is 6.92 Å². The fourth-order valence-corrected chi connectivity index (χ4v) is 2.48. The summed E-state index contributed by atoms with van der Waals surface area (Å²) in [7, 11) is 1.55. The highest BCUT2D eigenvalue weighted by molar-refractivity contribution is 5.94. The number of likely N-dealkylation sites (tertiary alicyclic amines) is 1. The van der Waals surface area contributed by atoms with Crippen LogP contribution in [0.15, 0.2) is 12.3 Å². The molecular weight excluding hydrogens is 266 g/mol. The summed E-state index contributed by atoms with van der Waals surface area (Å²) >= 11 is 0. The molecule has 8 nitrogen and oxygen atoms in total. The predicted octanol–water partition coefficient (Wildman–Crippen LogP) is 0.726. The fraction of sp³-hybridized carbons (Fsp3) is 0.500. The number of nitrogens with zero attached hydrogens (tertiary/aromatic N) is 3. The molecule has 1 amide bonds. The summed E-state index contributed by atoms with van der Waals surface area (Å²) < 4.78 is 1.39. The zero-order valence-corrected chi connectivity index (χ0v) is 11.1. The SMILES string of the molecule is C[C@@H]1CN(C(=O)c2cc([N+](=O)[O-])cn2C)C[C@H]1C(=O)O. The van der Waals surface area contributed by atoms with E-state index >= 15 is 0 Å². The van der Waals surface area contributed by atoms with Crippen molar-refractivity contribution in [3.05, 3.63) is 28.1 Å². The molecule has 1 aliphatic heterocycles. The highest BCUT2D eigenvalue weighted by atomic mass is 16.6. The third-order valence-corrected chi connectivity index (χ3v) is 3.64. The van der Waals surface area contributed by atoms with Gasteiger partial charge in [-0.2, -0.15) is 0 Å². The minimum absolute atomic E-state index is 0.133. The summed E-state index contributed by atoms with van der Waals surface area (Å²) in [6, 6.07) is 1.21. The number of aryl methyl sites for hydroxylation is 1. The Morgan fingerprint density at radius 1 is 1.45 bits per heavy atom. The van der Waals surface area contributed by atoms with Gasteiger partial charge in [-0.1, -0.05) is 6.92 Å². The van der Waals surface area contributed by atoms with Gasteiger partial charge >= 0.3 is 5.97 Å². The minimum Gasteiger partial charge on any atom is -0.481 e. The van der Waals surface area contributed by atoms with Gasteiger partial charge in [0.1, 0.15) is 5.69 Å². The molecule has 1 aliphatic rings. The van der Waals surface area contributed by atoms with E-state index in [0.29, 0.717) is 6.54 Å². The van der Waals surface area contributed by atoms with Gasteiger partial charge in [-0.05, 0) is 5.92 Å². The van der Waals surface area contributed by atoms with Crippen LogP contribution in [0.1, 0.15) is 17.4 Å². The molecule has 1 fully saturated rings. The minimum atomic E-state index is -0.925. The van der Waals surface area contributed by atoms with Crippen LogP contribution in [0.4, 0.5) is 5.69 Å². The van der Waals surface area contributed by atoms with E-state index in [2.05, 4.69) is 0 Å². The predicted molar refractivity (Wildman–Crippen MR) is 68.3 cm³/mol. The zero-order chi connectivity index (χ0) is 15.0. The molecule has 2 rings (SSSR count). The van der Waals surface area contributed by atoms with Crippen molar-refractivity contribution >= 4 is 17.6 Å². The van der Waals surface area contributed by atoms with Crippen molar-refractivity contribution in [3.8, 4) is 0 Å². The van der Waals surface area contributed by atoms with E-state index in [1.165, 1.54) is 21.7 Å². The highest BCUT2D eigenvalue weighted by Gasteiger charge is 2.38. The van der Waals surface area contributed by atoms with Crippen LogP contribution in [0.5, 0.6) is 0 Å². The molecule has 1 saturated heterocycles. The van der Waals surface area contributed by atoms with E-state index < -0.39 is 16.8 Å². The second-order valence-electron chi connectivity index (χ2n) is 5.08. The van der Waals surface area contributed by atoms with Crippen LogP contribution in [0.25, 0.3) is 0 Å². The molecular formula is C12H15N3O5. The summed E-state index contributed by atoms with van der Waals surface area (Å²) in [5.41, 5.74) is 0.0350. The lowest BCUT2D eigenvalue weighted by Crippen LogP contribution is -2.31. The van der Waals surface area contributed by atoms with Crippen LogP contribution >= 0.6 is 0 Å². The monoisotopic (exact) mass is 281 g/mol. The maximum Gasteiger partial charge on any atom is 0.308 e. The number of carboxylic acids is 1. The Balaban J connectivity index is 2.21. The summed E-state index contributed by atoms with van der Waals surface area (Å²) in [5, 5.41) is 19.7. The topological polar surface area (TPSA) is 106 Å². The van der Waals surface area contributed by atoms with E-state index in [1.807, 2.05) is 0 Å². The van der Waals surface area contributed by atoms with Crippen molar-refractivity contribution in [1.82, 2.24) is 9.47 Å². The second kappa shape index (κ2) is 4.95. The number of carboxylic acid groups (broad SMARTS) is 1. The molecule has 0 saturated carbocycles. The molecule has 1 N–H and O–H groups in total. The first-order valence-electron chi connectivity index (χ1n) is 6.14. The average Bonchev–Trinajstić information content (AvgIpc) is 2.92. The summed E-state index contributed by atoms with van der Waals surface area (Å²) in [4.78, 5) is 34.9. The van der Waals surface area contributed by atoms with E-state index in [-0.39, 0.29) is 29.8 Å². The number of aromatic nitrogens is 1. The van der Waals surface area contributed by atoms with Crippen LogP contribution in [-0.4, -0.2) is 44.5 Å². The Morgan fingerprint density at radius 2 is 2.10 bits per heavy atom. The Hall–Kier alpha value is -2.38. The molecule has 108 valence electrons. The second-order valence-corrected chi connectivity index (χ2v) is 5.08. The van der Waals surface area contributed by atoms with Gasteiger partial charge in [-0.3, -0.25) is 19.7 Å². The summed E-state index contributed by atoms with van der Waals surface area (Å²) in [5.74, 6) is -2.03. The number of carbonyl (C=O) groups excluding carboxylic acids is 1. The zero-order valence-electron chi connectivity index (χ0n) is 11.1. The van der Waals surface area contributed by atoms with Crippen molar-refractivity contribution in [1.29, 1.82) is 0 Å². The van der Waals surface area contributed by atoms with Crippen LogP contribution in [-0.2, 0) is 11.8 Å². The maximum atomic E-state index is 12.3. The van der Waals surface area contributed by atoms with E-state index in [1.54, 1.807) is 14.0 Å². The number of hydrogen-bond donors (Lipinski definition) is 1. The largest absolute Gasteiger partial charge is 0.481 e. The van der Waals surface area contributed by atoms with Gasteiger partial charge in [-0.15, -0.1) is 0 Å². The third kappa shape index (κ3) is 2.36.